The van der Waals surface area contributed by atoms with Gasteiger partial charge in [-0.3, -0.25) is 0 Å². The zero-order chi connectivity index (χ0) is 14.5. The number of nitrogens with two attached hydrogens (primary N) is 1. The van der Waals surface area contributed by atoms with E-state index >= 15 is 0 Å². The molecule has 2 rings (SSSR count). The van der Waals surface area contributed by atoms with E-state index in [9.17, 15) is 4.39 Å². The molecule has 0 aliphatic heterocycles. The Morgan fingerprint density at radius 3 is 2.40 bits per heavy atom. The van der Waals surface area contributed by atoms with E-state index in [4.69, 9.17) is 10.5 Å². The molecule has 20 heavy (non-hydrogen) atoms. The molecule has 0 aliphatic rings. The van der Waals surface area contributed by atoms with Gasteiger partial charge in [-0.25, -0.2) is 4.39 Å². The second-order valence-electron chi connectivity index (χ2n) is 4.73. The molecule has 106 valence electrons. The molecule has 3 nitrogen and oxygen atoms in total. The van der Waals surface area contributed by atoms with Gasteiger partial charge in [0.05, 0.1) is 7.11 Å². The van der Waals surface area contributed by atoms with Crippen LogP contribution in [0.15, 0.2) is 42.5 Å². The molecule has 0 radical (unpaired) electrons. The summed E-state index contributed by atoms with van der Waals surface area (Å²) in [7, 11) is 3.57. The summed E-state index contributed by atoms with van der Waals surface area (Å²) in [6, 6.07) is 12.7. The highest BCUT2D eigenvalue weighted by molar-refractivity contribution is 5.49. The quantitative estimate of drug-likeness (QED) is 0.911. The number of benzene rings is 2. The van der Waals surface area contributed by atoms with Crippen molar-refractivity contribution in [2.45, 2.75) is 13.1 Å². The summed E-state index contributed by atoms with van der Waals surface area (Å²) in [5.74, 6) is 0.567. The molecule has 0 saturated carbocycles. The van der Waals surface area contributed by atoms with E-state index in [1.54, 1.807) is 7.11 Å². The number of hydrogen-bond donors (Lipinski definition) is 1. The molecule has 4 heteroatoms. The highest BCUT2D eigenvalue weighted by Gasteiger charge is 2.06. The van der Waals surface area contributed by atoms with Crippen molar-refractivity contribution in [3.05, 3.63) is 59.4 Å². The number of ether oxygens (including phenoxy) is 1. The lowest BCUT2D eigenvalue weighted by Gasteiger charge is -2.20. The molecule has 0 aliphatic carbocycles. The first-order valence-corrected chi connectivity index (χ1v) is 6.46. The number of hydrogen-bond acceptors (Lipinski definition) is 3. The monoisotopic (exact) mass is 274 g/mol. The average Bonchev–Trinajstić information content (AvgIpc) is 2.47. The van der Waals surface area contributed by atoms with Crippen LogP contribution in [0.3, 0.4) is 0 Å². The van der Waals surface area contributed by atoms with Crippen LogP contribution in [0.5, 0.6) is 5.75 Å². The third-order valence-electron chi connectivity index (χ3n) is 3.20. The van der Waals surface area contributed by atoms with Gasteiger partial charge in [-0.1, -0.05) is 12.1 Å². The molecule has 0 fully saturated rings. The first kappa shape index (κ1) is 14.3. The summed E-state index contributed by atoms with van der Waals surface area (Å²) in [4.78, 5) is 1.99. The molecule has 0 amide bonds. The van der Waals surface area contributed by atoms with Gasteiger partial charge in [0.25, 0.3) is 0 Å². The van der Waals surface area contributed by atoms with Gasteiger partial charge in [0.15, 0.2) is 0 Å². The Kier molecular flexibility index (Phi) is 4.58. The average molecular weight is 274 g/mol. The van der Waals surface area contributed by atoms with Crippen LogP contribution in [-0.2, 0) is 13.1 Å². The number of rotatable bonds is 5. The van der Waals surface area contributed by atoms with E-state index < -0.39 is 0 Å². The number of methoxy groups -OCH3 is 1. The van der Waals surface area contributed by atoms with Crippen LogP contribution >= 0.6 is 0 Å². The molecule has 0 saturated heterocycles. The summed E-state index contributed by atoms with van der Waals surface area (Å²) in [5, 5.41) is 0. The maximum absolute atomic E-state index is 13.5. The van der Waals surface area contributed by atoms with Crippen molar-refractivity contribution in [3.8, 4) is 5.75 Å². The summed E-state index contributed by atoms with van der Waals surface area (Å²) < 4.78 is 18.6. The van der Waals surface area contributed by atoms with Gasteiger partial charge in [0.2, 0.25) is 0 Å². The van der Waals surface area contributed by atoms with E-state index in [-0.39, 0.29) is 5.82 Å². The van der Waals surface area contributed by atoms with Gasteiger partial charge >= 0.3 is 0 Å². The van der Waals surface area contributed by atoms with Crippen molar-refractivity contribution in [3.63, 3.8) is 0 Å². The second kappa shape index (κ2) is 6.39. The highest BCUT2D eigenvalue weighted by Crippen LogP contribution is 2.20. The Morgan fingerprint density at radius 2 is 1.80 bits per heavy atom. The Balaban J connectivity index is 2.14. The zero-order valence-electron chi connectivity index (χ0n) is 11.8. The van der Waals surface area contributed by atoms with Crippen molar-refractivity contribution in [1.82, 2.24) is 0 Å². The molecule has 2 aromatic carbocycles. The van der Waals surface area contributed by atoms with E-state index in [0.29, 0.717) is 13.1 Å². The van der Waals surface area contributed by atoms with Crippen LogP contribution < -0.4 is 15.4 Å². The Bertz CT molecular complexity index is 569. The molecule has 0 aromatic heterocycles. The molecule has 0 unspecified atom stereocenters. The Labute approximate surface area is 118 Å². The lowest BCUT2D eigenvalue weighted by molar-refractivity contribution is 0.414. The Hall–Kier alpha value is -2.07. The lowest BCUT2D eigenvalue weighted by Crippen LogP contribution is -2.17. The minimum atomic E-state index is -0.260. The molecule has 0 atom stereocenters. The summed E-state index contributed by atoms with van der Waals surface area (Å²) in [5.41, 5.74) is 8.32. The minimum absolute atomic E-state index is 0.260. The number of anilines is 1. The van der Waals surface area contributed by atoms with Crippen LogP contribution in [0.4, 0.5) is 10.1 Å². The second-order valence-corrected chi connectivity index (χ2v) is 4.73. The predicted molar refractivity (Wildman–Crippen MR) is 79.4 cm³/mol. The molecular formula is C16H19FN2O. The smallest absolute Gasteiger partial charge is 0.125 e. The van der Waals surface area contributed by atoms with Gasteiger partial charge in [-0.2, -0.15) is 0 Å². The largest absolute Gasteiger partial charge is 0.497 e. The van der Waals surface area contributed by atoms with Gasteiger partial charge in [-0.05, 0) is 41.5 Å². The maximum atomic E-state index is 13.5. The standard InChI is InChI=1S/C16H19FN2O/c1-19(11-12-3-5-16(20-2)6-4-12)15-8-13(10-18)7-14(17)9-15/h3-9H,10-11,18H2,1-2H3. The predicted octanol–water partition coefficient (Wildman–Crippen LogP) is 2.93. The van der Waals surface area contributed by atoms with E-state index in [1.807, 2.05) is 42.3 Å². The summed E-state index contributed by atoms with van der Waals surface area (Å²) >= 11 is 0. The van der Waals surface area contributed by atoms with E-state index in [0.717, 1.165) is 22.6 Å². The topological polar surface area (TPSA) is 38.5 Å². The number of halogens is 1. The first-order valence-electron chi connectivity index (χ1n) is 6.46. The van der Waals surface area contributed by atoms with Crippen molar-refractivity contribution in [2.24, 2.45) is 5.73 Å². The molecular weight excluding hydrogens is 255 g/mol. The van der Waals surface area contributed by atoms with Crippen LogP contribution in [-0.4, -0.2) is 14.2 Å². The van der Waals surface area contributed by atoms with Crippen molar-refractivity contribution >= 4 is 5.69 Å². The molecule has 0 bridgehead atoms. The summed E-state index contributed by atoms with van der Waals surface area (Å²) in [6.07, 6.45) is 0. The van der Waals surface area contributed by atoms with Crippen LogP contribution in [0.1, 0.15) is 11.1 Å². The molecule has 2 N–H and O–H groups in total. The highest BCUT2D eigenvalue weighted by atomic mass is 19.1. The molecule has 0 spiro atoms. The van der Waals surface area contributed by atoms with Crippen molar-refractivity contribution in [2.75, 3.05) is 19.1 Å². The fraction of sp³-hybridized carbons (Fsp3) is 0.250. The fourth-order valence-corrected chi connectivity index (χ4v) is 2.07. The van der Waals surface area contributed by atoms with Crippen molar-refractivity contribution in [1.29, 1.82) is 0 Å². The minimum Gasteiger partial charge on any atom is -0.497 e. The summed E-state index contributed by atoms with van der Waals surface area (Å²) in [6.45, 7) is 1.03. The van der Waals surface area contributed by atoms with Gasteiger partial charge in [0.1, 0.15) is 11.6 Å². The molecule has 2 aromatic rings. The lowest BCUT2D eigenvalue weighted by atomic mass is 10.1. The van der Waals surface area contributed by atoms with Gasteiger partial charge in [-0.15, -0.1) is 0 Å². The molecule has 0 heterocycles. The third kappa shape index (κ3) is 3.48. The Morgan fingerprint density at radius 1 is 1.10 bits per heavy atom. The number of nitrogens with zero attached hydrogens (tertiary/aromatic N) is 1. The maximum Gasteiger partial charge on any atom is 0.125 e. The fourth-order valence-electron chi connectivity index (χ4n) is 2.07. The van der Waals surface area contributed by atoms with E-state index in [2.05, 4.69) is 0 Å². The van der Waals surface area contributed by atoms with Crippen LogP contribution in [0, 0.1) is 5.82 Å². The van der Waals surface area contributed by atoms with Crippen LogP contribution in [0.2, 0.25) is 0 Å². The third-order valence-corrected chi connectivity index (χ3v) is 3.20. The van der Waals surface area contributed by atoms with Crippen LogP contribution in [0.25, 0.3) is 0 Å². The van der Waals surface area contributed by atoms with Gasteiger partial charge < -0.3 is 15.4 Å². The van der Waals surface area contributed by atoms with E-state index in [1.165, 1.54) is 12.1 Å². The first-order chi connectivity index (χ1) is 9.62. The van der Waals surface area contributed by atoms with Crippen molar-refractivity contribution < 1.29 is 9.13 Å². The normalized spacial score (nSPS) is 10.4. The van der Waals surface area contributed by atoms with Gasteiger partial charge in [0, 0.05) is 25.8 Å². The SMILES string of the molecule is COc1ccc(CN(C)c2cc(F)cc(CN)c2)cc1. The zero-order valence-corrected chi connectivity index (χ0v) is 11.8.